The van der Waals surface area contributed by atoms with Crippen molar-refractivity contribution in [3.05, 3.63) is 79.3 Å². The van der Waals surface area contributed by atoms with E-state index in [1.54, 1.807) is 28.1 Å². The van der Waals surface area contributed by atoms with Crippen LogP contribution in [-0.4, -0.2) is 9.49 Å². The number of nitrogens with two attached hydrogens (primary N) is 1. The number of thiazole rings is 1. The molecule has 0 spiro atoms. The molecular formula is C16H13N3O3S. The molecular weight excluding hydrogens is 314 g/mol. The van der Waals surface area contributed by atoms with Gasteiger partial charge in [0.2, 0.25) is 0 Å². The predicted octanol–water partition coefficient (Wildman–Crippen LogP) is 3.12. The summed E-state index contributed by atoms with van der Waals surface area (Å²) in [5.74, 6) is 0. The van der Waals surface area contributed by atoms with Crippen LogP contribution in [0.3, 0.4) is 0 Å². The Kier molecular flexibility index (Phi) is 3.94. The predicted molar refractivity (Wildman–Crippen MR) is 90.6 cm³/mol. The van der Waals surface area contributed by atoms with E-state index in [1.165, 1.54) is 12.1 Å². The number of benzene rings is 2. The Morgan fingerprint density at radius 1 is 1.17 bits per heavy atom. The van der Waals surface area contributed by atoms with E-state index in [1.807, 2.05) is 18.2 Å². The van der Waals surface area contributed by atoms with Crippen molar-refractivity contribution < 1.29 is 4.92 Å². The van der Waals surface area contributed by atoms with Crippen LogP contribution in [0.15, 0.2) is 58.7 Å². The Bertz CT molecular complexity index is 913. The molecule has 0 aliphatic carbocycles. The SMILES string of the molecule is Nc1cccc(-c2csc(=O)n2Cc2ccc([N+](=O)[O-])cc2)c1. The van der Waals surface area contributed by atoms with Crippen molar-refractivity contribution in [1.29, 1.82) is 0 Å². The molecule has 0 aliphatic heterocycles. The number of nitro benzene ring substituents is 1. The standard InChI is InChI=1S/C16H13N3O3S/c17-13-3-1-2-12(8-13)15-10-23-16(20)18(15)9-11-4-6-14(7-5-11)19(21)22/h1-8,10H,9,17H2. The Morgan fingerprint density at radius 3 is 2.57 bits per heavy atom. The van der Waals surface area contributed by atoms with E-state index in [-0.39, 0.29) is 10.6 Å². The summed E-state index contributed by atoms with van der Waals surface area (Å²) in [4.78, 5) is 22.3. The smallest absolute Gasteiger partial charge is 0.307 e. The number of hydrogen-bond acceptors (Lipinski definition) is 5. The number of nitrogens with zero attached hydrogens (tertiary/aromatic N) is 2. The molecule has 0 amide bonds. The van der Waals surface area contributed by atoms with Crippen molar-refractivity contribution in [1.82, 2.24) is 4.57 Å². The molecule has 2 N–H and O–H groups in total. The third-order valence-electron chi connectivity index (χ3n) is 3.45. The Hall–Kier alpha value is -2.93. The maximum Gasteiger partial charge on any atom is 0.307 e. The summed E-state index contributed by atoms with van der Waals surface area (Å²) in [6, 6.07) is 13.5. The minimum Gasteiger partial charge on any atom is -0.399 e. The highest BCUT2D eigenvalue weighted by Gasteiger charge is 2.11. The first-order chi connectivity index (χ1) is 11.0. The van der Waals surface area contributed by atoms with Crippen molar-refractivity contribution in [2.24, 2.45) is 0 Å². The molecule has 0 saturated carbocycles. The third kappa shape index (κ3) is 3.14. The monoisotopic (exact) mass is 327 g/mol. The van der Waals surface area contributed by atoms with Gasteiger partial charge in [0.15, 0.2) is 0 Å². The molecule has 3 aromatic rings. The van der Waals surface area contributed by atoms with Crippen molar-refractivity contribution in [2.75, 3.05) is 5.73 Å². The van der Waals surface area contributed by atoms with E-state index in [2.05, 4.69) is 0 Å². The van der Waals surface area contributed by atoms with Gasteiger partial charge in [-0.05, 0) is 17.7 Å². The molecule has 1 heterocycles. The summed E-state index contributed by atoms with van der Waals surface area (Å²) >= 11 is 1.12. The third-order valence-corrected chi connectivity index (χ3v) is 4.22. The van der Waals surface area contributed by atoms with E-state index < -0.39 is 4.92 Å². The largest absolute Gasteiger partial charge is 0.399 e. The van der Waals surface area contributed by atoms with E-state index >= 15 is 0 Å². The number of nitro groups is 1. The lowest BCUT2D eigenvalue weighted by Crippen LogP contribution is -2.15. The molecule has 2 aromatic carbocycles. The molecule has 3 rings (SSSR count). The van der Waals surface area contributed by atoms with Crippen molar-refractivity contribution >= 4 is 22.7 Å². The van der Waals surface area contributed by atoms with Gasteiger partial charge in [-0.1, -0.05) is 35.6 Å². The summed E-state index contributed by atoms with van der Waals surface area (Å²) in [7, 11) is 0. The number of aromatic nitrogens is 1. The minimum atomic E-state index is -0.446. The fourth-order valence-corrected chi connectivity index (χ4v) is 3.07. The number of hydrogen-bond donors (Lipinski definition) is 1. The van der Waals surface area contributed by atoms with Gasteiger partial charge in [0.05, 0.1) is 17.2 Å². The zero-order valence-electron chi connectivity index (χ0n) is 12.0. The van der Waals surface area contributed by atoms with Gasteiger partial charge >= 0.3 is 4.87 Å². The highest BCUT2D eigenvalue weighted by atomic mass is 32.1. The zero-order valence-corrected chi connectivity index (χ0v) is 12.8. The fourth-order valence-electron chi connectivity index (χ4n) is 2.31. The van der Waals surface area contributed by atoms with Crippen LogP contribution in [0.5, 0.6) is 0 Å². The second-order valence-electron chi connectivity index (χ2n) is 5.02. The topological polar surface area (TPSA) is 91.2 Å². The Balaban J connectivity index is 1.96. The van der Waals surface area contributed by atoms with E-state index in [9.17, 15) is 14.9 Å². The Morgan fingerprint density at radius 2 is 1.91 bits per heavy atom. The molecule has 0 aliphatic rings. The highest BCUT2D eigenvalue weighted by Crippen LogP contribution is 2.23. The van der Waals surface area contributed by atoms with Crippen molar-refractivity contribution in [3.63, 3.8) is 0 Å². The number of rotatable bonds is 4. The summed E-state index contributed by atoms with van der Waals surface area (Å²) < 4.78 is 1.64. The average Bonchev–Trinajstić information content (AvgIpc) is 2.89. The molecule has 6 nitrogen and oxygen atoms in total. The Labute approximate surface area is 135 Å². The molecule has 0 radical (unpaired) electrons. The molecule has 0 unspecified atom stereocenters. The van der Waals surface area contributed by atoms with Crippen LogP contribution in [0.1, 0.15) is 5.56 Å². The van der Waals surface area contributed by atoms with Gasteiger partial charge in [-0.15, -0.1) is 0 Å². The maximum absolute atomic E-state index is 12.1. The lowest BCUT2D eigenvalue weighted by atomic mass is 10.1. The quantitative estimate of drug-likeness (QED) is 0.453. The van der Waals surface area contributed by atoms with Gasteiger partial charge < -0.3 is 5.73 Å². The lowest BCUT2D eigenvalue weighted by molar-refractivity contribution is -0.384. The number of non-ortho nitro benzene ring substituents is 1. The lowest BCUT2D eigenvalue weighted by Gasteiger charge is -2.08. The maximum atomic E-state index is 12.1. The summed E-state index contributed by atoms with van der Waals surface area (Å²) in [5, 5.41) is 12.5. The molecule has 0 atom stereocenters. The fraction of sp³-hybridized carbons (Fsp3) is 0.0625. The van der Waals surface area contributed by atoms with Gasteiger partial charge in [-0.3, -0.25) is 19.5 Å². The average molecular weight is 327 g/mol. The second kappa shape index (κ2) is 6.05. The van der Waals surface area contributed by atoms with E-state index in [0.29, 0.717) is 12.2 Å². The van der Waals surface area contributed by atoms with Crippen LogP contribution in [0, 0.1) is 10.1 Å². The van der Waals surface area contributed by atoms with Crippen LogP contribution >= 0.6 is 11.3 Å². The number of anilines is 1. The van der Waals surface area contributed by atoms with Crippen LogP contribution in [0.2, 0.25) is 0 Å². The first-order valence-electron chi connectivity index (χ1n) is 6.82. The van der Waals surface area contributed by atoms with Gasteiger partial charge in [-0.25, -0.2) is 0 Å². The van der Waals surface area contributed by atoms with Crippen molar-refractivity contribution in [3.8, 4) is 11.3 Å². The minimum absolute atomic E-state index is 0.0301. The molecule has 116 valence electrons. The highest BCUT2D eigenvalue weighted by molar-refractivity contribution is 7.07. The number of nitrogen functional groups attached to an aromatic ring is 1. The van der Waals surface area contributed by atoms with E-state index in [0.717, 1.165) is 28.2 Å². The van der Waals surface area contributed by atoms with Crippen LogP contribution in [0.25, 0.3) is 11.3 Å². The molecule has 23 heavy (non-hydrogen) atoms. The van der Waals surface area contributed by atoms with Crippen LogP contribution < -0.4 is 10.6 Å². The first-order valence-corrected chi connectivity index (χ1v) is 7.70. The van der Waals surface area contributed by atoms with Crippen LogP contribution in [0.4, 0.5) is 11.4 Å². The zero-order chi connectivity index (χ0) is 16.4. The summed E-state index contributed by atoms with van der Waals surface area (Å²) in [6.07, 6.45) is 0. The van der Waals surface area contributed by atoms with Gasteiger partial charge in [0.25, 0.3) is 5.69 Å². The molecule has 0 saturated heterocycles. The van der Waals surface area contributed by atoms with E-state index in [4.69, 9.17) is 5.73 Å². The summed E-state index contributed by atoms with van der Waals surface area (Å²) in [5.41, 5.74) is 8.93. The van der Waals surface area contributed by atoms with Gasteiger partial charge in [0.1, 0.15) is 0 Å². The first kappa shape index (κ1) is 15.0. The van der Waals surface area contributed by atoms with Gasteiger partial charge in [-0.2, -0.15) is 0 Å². The normalized spacial score (nSPS) is 10.6. The molecule has 0 bridgehead atoms. The second-order valence-corrected chi connectivity index (χ2v) is 5.84. The van der Waals surface area contributed by atoms with Crippen molar-refractivity contribution in [2.45, 2.75) is 6.54 Å². The van der Waals surface area contributed by atoms with Crippen LogP contribution in [-0.2, 0) is 6.54 Å². The molecule has 1 aromatic heterocycles. The summed E-state index contributed by atoms with van der Waals surface area (Å²) in [6.45, 7) is 0.352. The molecule has 0 fully saturated rings. The van der Waals surface area contributed by atoms with Gasteiger partial charge in [0, 0.05) is 28.8 Å². The molecule has 7 heteroatoms.